The zero-order valence-electron chi connectivity index (χ0n) is 8.10. The molecule has 0 heterocycles. The van der Waals surface area contributed by atoms with Gasteiger partial charge in [0.1, 0.15) is 5.56 Å². The van der Waals surface area contributed by atoms with Crippen molar-refractivity contribution in [2.75, 3.05) is 7.11 Å². The van der Waals surface area contributed by atoms with E-state index >= 15 is 0 Å². The number of hydrogen-bond donors (Lipinski definition) is 0. The molecule has 0 fully saturated rings. The molecular weight excluding hydrogens is 238 g/mol. The van der Waals surface area contributed by atoms with Gasteiger partial charge in [0.2, 0.25) is 0 Å². The number of ether oxygens (including phenoxy) is 1. The van der Waals surface area contributed by atoms with Gasteiger partial charge in [-0.25, -0.2) is 4.79 Å². The molecule has 1 aromatic carbocycles. The van der Waals surface area contributed by atoms with Gasteiger partial charge in [-0.3, -0.25) is 14.9 Å². The first-order valence-corrected chi connectivity index (χ1v) is 4.41. The van der Waals surface area contributed by atoms with E-state index in [1.165, 1.54) is 6.07 Å². The van der Waals surface area contributed by atoms with Gasteiger partial charge in [-0.15, -0.1) is 0 Å². The van der Waals surface area contributed by atoms with Gasteiger partial charge in [0.15, 0.2) is 0 Å². The first kappa shape index (κ1) is 12.1. The van der Waals surface area contributed by atoms with Gasteiger partial charge in [0, 0.05) is 11.6 Å². The van der Waals surface area contributed by atoms with Gasteiger partial charge >= 0.3 is 5.97 Å². The van der Waals surface area contributed by atoms with Crippen molar-refractivity contribution in [2.24, 2.45) is 0 Å². The first-order chi connectivity index (χ1) is 7.47. The average molecular weight is 244 g/mol. The standard InChI is InChI=1S/C9H6ClNO5/c1-16-9(13)6-3-2-5(8(10)12)4-7(6)11(14)15/h2-4H,1H3. The van der Waals surface area contributed by atoms with E-state index in [-0.39, 0.29) is 11.1 Å². The summed E-state index contributed by atoms with van der Waals surface area (Å²) >= 11 is 5.17. The fourth-order valence-electron chi connectivity index (χ4n) is 1.09. The van der Waals surface area contributed by atoms with Crippen molar-refractivity contribution in [3.05, 3.63) is 39.4 Å². The monoisotopic (exact) mass is 243 g/mol. The SMILES string of the molecule is COC(=O)c1ccc(C(=O)Cl)cc1[N+](=O)[O-]. The fourth-order valence-corrected chi connectivity index (χ4v) is 1.21. The number of carbonyl (C=O) groups excluding carboxylic acids is 2. The summed E-state index contributed by atoms with van der Waals surface area (Å²) in [5, 5.41) is 9.83. The smallest absolute Gasteiger partial charge is 0.344 e. The molecule has 0 radical (unpaired) electrons. The lowest BCUT2D eigenvalue weighted by Crippen LogP contribution is -2.06. The predicted molar refractivity (Wildman–Crippen MR) is 54.6 cm³/mol. The van der Waals surface area contributed by atoms with Crippen LogP contribution in [-0.4, -0.2) is 23.2 Å². The third kappa shape index (κ3) is 2.34. The van der Waals surface area contributed by atoms with Crippen LogP contribution in [0.2, 0.25) is 0 Å². The minimum atomic E-state index is -0.847. The van der Waals surface area contributed by atoms with Crippen LogP contribution in [-0.2, 0) is 4.74 Å². The van der Waals surface area contributed by atoms with Crippen molar-refractivity contribution < 1.29 is 19.2 Å². The maximum atomic E-state index is 11.2. The van der Waals surface area contributed by atoms with E-state index in [1.54, 1.807) is 0 Å². The molecular formula is C9H6ClNO5. The Kier molecular flexibility index (Phi) is 3.57. The number of methoxy groups -OCH3 is 1. The van der Waals surface area contributed by atoms with Gasteiger partial charge in [-0.1, -0.05) is 0 Å². The van der Waals surface area contributed by atoms with Crippen molar-refractivity contribution in [1.82, 2.24) is 0 Å². The molecule has 1 rings (SSSR count). The highest BCUT2D eigenvalue weighted by Crippen LogP contribution is 2.22. The summed E-state index contributed by atoms with van der Waals surface area (Å²) in [5.74, 6) is -0.847. The lowest BCUT2D eigenvalue weighted by atomic mass is 10.1. The number of nitrogens with zero attached hydrogens (tertiary/aromatic N) is 1. The van der Waals surface area contributed by atoms with Crippen LogP contribution in [0.4, 0.5) is 5.69 Å². The lowest BCUT2D eigenvalue weighted by Gasteiger charge is -2.01. The van der Waals surface area contributed by atoms with E-state index < -0.39 is 21.8 Å². The Morgan fingerprint density at radius 3 is 2.50 bits per heavy atom. The maximum Gasteiger partial charge on any atom is 0.344 e. The molecule has 0 aliphatic heterocycles. The van der Waals surface area contributed by atoms with Crippen LogP contribution in [0.25, 0.3) is 0 Å². The molecule has 16 heavy (non-hydrogen) atoms. The number of esters is 1. The molecule has 0 bridgehead atoms. The highest BCUT2D eigenvalue weighted by atomic mass is 35.5. The Morgan fingerprint density at radius 2 is 2.06 bits per heavy atom. The molecule has 84 valence electrons. The molecule has 0 atom stereocenters. The van der Waals surface area contributed by atoms with Gasteiger partial charge in [0.05, 0.1) is 12.0 Å². The Bertz CT molecular complexity index is 471. The van der Waals surface area contributed by atoms with Crippen LogP contribution in [0.5, 0.6) is 0 Å². The van der Waals surface area contributed by atoms with E-state index in [1.807, 2.05) is 0 Å². The van der Waals surface area contributed by atoms with Crippen LogP contribution in [0, 0.1) is 10.1 Å². The van der Waals surface area contributed by atoms with Crippen LogP contribution in [0.1, 0.15) is 20.7 Å². The second-order valence-corrected chi connectivity index (χ2v) is 3.10. The summed E-state index contributed by atoms with van der Waals surface area (Å²) in [6, 6.07) is 3.27. The molecule has 0 aromatic heterocycles. The van der Waals surface area contributed by atoms with Gasteiger partial charge in [-0.05, 0) is 23.7 Å². The third-order valence-electron chi connectivity index (χ3n) is 1.83. The molecule has 7 heteroatoms. The molecule has 1 aromatic rings. The largest absolute Gasteiger partial charge is 0.465 e. The number of nitro groups is 1. The molecule has 6 nitrogen and oxygen atoms in total. The third-order valence-corrected chi connectivity index (χ3v) is 2.04. The number of halogens is 1. The summed E-state index contributed by atoms with van der Waals surface area (Å²) in [5.41, 5.74) is -0.798. The molecule has 0 saturated heterocycles. The van der Waals surface area contributed by atoms with Crippen molar-refractivity contribution in [3.8, 4) is 0 Å². The lowest BCUT2D eigenvalue weighted by molar-refractivity contribution is -0.385. The fraction of sp³-hybridized carbons (Fsp3) is 0.111. The highest BCUT2D eigenvalue weighted by molar-refractivity contribution is 6.67. The van der Waals surface area contributed by atoms with E-state index in [0.29, 0.717) is 0 Å². The first-order valence-electron chi connectivity index (χ1n) is 4.04. The molecule has 0 unspecified atom stereocenters. The maximum absolute atomic E-state index is 11.2. The molecule has 0 spiro atoms. The zero-order chi connectivity index (χ0) is 12.3. The number of benzene rings is 1. The number of hydrogen-bond acceptors (Lipinski definition) is 5. The van der Waals surface area contributed by atoms with Crippen molar-refractivity contribution in [1.29, 1.82) is 0 Å². The van der Waals surface area contributed by atoms with Crippen molar-refractivity contribution in [2.45, 2.75) is 0 Å². The normalized spacial score (nSPS) is 9.62. The number of nitro benzene ring substituents is 1. The highest BCUT2D eigenvalue weighted by Gasteiger charge is 2.22. The van der Waals surface area contributed by atoms with E-state index in [0.717, 1.165) is 19.2 Å². The summed E-state index contributed by atoms with van der Waals surface area (Å²) in [4.78, 5) is 31.9. The van der Waals surface area contributed by atoms with E-state index in [4.69, 9.17) is 11.6 Å². The summed E-state index contributed by atoms with van der Waals surface area (Å²) < 4.78 is 4.37. The molecule has 0 N–H and O–H groups in total. The van der Waals surface area contributed by atoms with E-state index in [9.17, 15) is 19.7 Å². The topological polar surface area (TPSA) is 86.5 Å². The second kappa shape index (κ2) is 4.71. The minimum absolute atomic E-state index is 0.0546. The summed E-state index contributed by atoms with van der Waals surface area (Å²) in [6.07, 6.45) is 0. The predicted octanol–water partition coefficient (Wildman–Crippen LogP) is 1.76. The van der Waals surface area contributed by atoms with Gasteiger partial charge in [-0.2, -0.15) is 0 Å². The number of carbonyl (C=O) groups is 2. The van der Waals surface area contributed by atoms with Crippen LogP contribution in [0.3, 0.4) is 0 Å². The molecule has 0 amide bonds. The van der Waals surface area contributed by atoms with Crippen molar-refractivity contribution in [3.63, 3.8) is 0 Å². The van der Waals surface area contributed by atoms with E-state index in [2.05, 4.69) is 4.74 Å². The Morgan fingerprint density at radius 1 is 1.44 bits per heavy atom. The van der Waals surface area contributed by atoms with Crippen LogP contribution in [0.15, 0.2) is 18.2 Å². The van der Waals surface area contributed by atoms with Gasteiger partial charge < -0.3 is 4.74 Å². The zero-order valence-corrected chi connectivity index (χ0v) is 8.85. The van der Waals surface area contributed by atoms with Crippen LogP contribution >= 0.6 is 11.6 Å². The van der Waals surface area contributed by atoms with Crippen molar-refractivity contribution >= 4 is 28.5 Å². The number of rotatable bonds is 3. The summed E-state index contributed by atoms with van der Waals surface area (Å²) in [7, 11) is 1.10. The van der Waals surface area contributed by atoms with Gasteiger partial charge in [0.25, 0.3) is 10.9 Å². The Balaban J connectivity index is 3.36. The summed E-state index contributed by atoms with van der Waals surface area (Å²) in [6.45, 7) is 0. The second-order valence-electron chi connectivity index (χ2n) is 2.75. The molecule has 0 aliphatic rings. The Hall–Kier alpha value is -1.95. The average Bonchev–Trinajstić information content (AvgIpc) is 2.26. The Labute approximate surface area is 94.9 Å². The minimum Gasteiger partial charge on any atom is -0.465 e. The quantitative estimate of drug-likeness (QED) is 0.349. The molecule has 0 saturated carbocycles. The van der Waals surface area contributed by atoms with Crippen LogP contribution < -0.4 is 0 Å². The molecule has 0 aliphatic carbocycles.